The molecule has 1 aromatic heterocycles. The summed E-state index contributed by atoms with van der Waals surface area (Å²) in [5.41, 5.74) is 8.49. The third-order valence-electron chi connectivity index (χ3n) is 4.24. The Morgan fingerprint density at radius 3 is 2.64 bits per heavy atom. The lowest BCUT2D eigenvalue weighted by Gasteiger charge is -2.29. The predicted octanol–water partition coefficient (Wildman–Crippen LogP) is 3.41. The van der Waals surface area contributed by atoms with E-state index < -0.39 is 5.54 Å². The number of aryl methyl sites for hydroxylation is 1. The predicted molar refractivity (Wildman–Crippen MR) is 105 cm³/mol. The number of hydrogen-bond donors (Lipinski definition) is 2. The van der Waals surface area contributed by atoms with Gasteiger partial charge >= 0.3 is 0 Å². The Morgan fingerprint density at radius 2 is 2.00 bits per heavy atom. The van der Waals surface area contributed by atoms with Crippen LogP contribution in [0.5, 0.6) is 0 Å². The van der Waals surface area contributed by atoms with Crippen molar-refractivity contribution in [2.75, 3.05) is 13.6 Å². The van der Waals surface area contributed by atoms with Gasteiger partial charge in [-0.3, -0.25) is 9.89 Å². The zero-order valence-corrected chi connectivity index (χ0v) is 16.1. The number of aromatic amines is 1. The first kappa shape index (κ1) is 21.2. The number of benzene rings is 1. The quantitative estimate of drug-likeness (QED) is 0.753. The molecule has 1 amide bonds. The first-order valence-electron chi connectivity index (χ1n) is 8.58. The van der Waals surface area contributed by atoms with Crippen molar-refractivity contribution < 1.29 is 4.79 Å². The van der Waals surface area contributed by atoms with Crippen molar-refractivity contribution in [1.82, 2.24) is 15.1 Å². The topological polar surface area (TPSA) is 75.0 Å². The summed E-state index contributed by atoms with van der Waals surface area (Å²) in [6, 6.07) is 12.2. The number of halogens is 1. The summed E-state index contributed by atoms with van der Waals surface area (Å²) in [6.07, 6.45) is 3.34. The number of carbonyl (C=O) groups excluding carboxylic acids is 1. The van der Waals surface area contributed by atoms with Crippen LogP contribution < -0.4 is 5.73 Å². The maximum atomic E-state index is 12.4. The van der Waals surface area contributed by atoms with Gasteiger partial charge in [-0.25, -0.2) is 0 Å². The fourth-order valence-electron chi connectivity index (χ4n) is 2.92. The van der Waals surface area contributed by atoms with Gasteiger partial charge in [-0.15, -0.1) is 12.4 Å². The molecule has 2 rings (SSSR count). The highest BCUT2D eigenvalue weighted by atomic mass is 35.5. The average molecular weight is 365 g/mol. The van der Waals surface area contributed by atoms with E-state index in [-0.39, 0.29) is 18.3 Å². The van der Waals surface area contributed by atoms with E-state index in [2.05, 4.69) is 16.3 Å². The summed E-state index contributed by atoms with van der Waals surface area (Å²) >= 11 is 0. The van der Waals surface area contributed by atoms with Gasteiger partial charge in [0.1, 0.15) is 0 Å². The number of nitrogens with two attached hydrogens (primary N) is 1. The normalized spacial score (nSPS) is 13.0. The smallest absolute Gasteiger partial charge is 0.242 e. The van der Waals surface area contributed by atoms with Crippen molar-refractivity contribution in [3.05, 3.63) is 42.1 Å². The van der Waals surface area contributed by atoms with Gasteiger partial charge in [-0.1, -0.05) is 43.7 Å². The number of nitrogens with one attached hydrogen (secondary N) is 1. The Morgan fingerprint density at radius 1 is 1.32 bits per heavy atom. The maximum absolute atomic E-state index is 12.4. The standard InChI is InChI=1S/C19H28N4O.ClH/c1-4-12-19(2,20)18(24)23(3)13-8-11-16-14-17(22-21-16)15-9-6-5-7-10-15;/h5-7,9-10,14H,4,8,11-13,20H2,1-3H3,(H,21,22);1H. The number of amides is 1. The van der Waals surface area contributed by atoms with Crippen molar-refractivity contribution in [2.24, 2.45) is 5.73 Å². The van der Waals surface area contributed by atoms with Crippen LogP contribution in [0.1, 0.15) is 38.8 Å². The second kappa shape index (κ2) is 9.59. The van der Waals surface area contributed by atoms with Crippen LogP contribution in [0.25, 0.3) is 11.3 Å². The van der Waals surface area contributed by atoms with E-state index in [9.17, 15) is 4.79 Å². The SMILES string of the molecule is CCCC(C)(N)C(=O)N(C)CCCc1cc(-c2ccccc2)n[nH]1.Cl. The monoisotopic (exact) mass is 364 g/mol. The Labute approximate surface area is 156 Å². The molecule has 0 aliphatic carbocycles. The number of H-pyrrole nitrogens is 1. The molecule has 0 bridgehead atoms. The summed E-state index contributed by atoms with van der Waals surface area (Å²) in [5, 5.41) is 7.44. The van der Waals surface area contributed by atoms with Gasteiger partial charge in [0.15, 0.2) is 0 Å². The van der Waals surface area contributed by atoms with E-state index in [1.54, 1.807) is 4.90 Å². The Balaban J connectivity index is 0.00000312. The fourth-order valence-corrected chi connectivity index (χ4v) is 2.92. The first-order chi connectivity index (χ1) is 11.4. The molecule has 25 heavy (non-hydrogen) atoms. The summed E-state index contributed by atoms with van der Waals surface area (Å²) in [6.45, 7) is 4.55. The molecule has 0 saturated carbocycles. The highest BCUT2D eigenvalue weighted by molar-refractivity contribution is 5.85. The maximum Gasteiger partial charge on any atom is 0.242 e. The van der Waals surface area contributed by atoms with Gasteiger partial charge in [0.25, 0.3) is 0 Å². The van der Waals surface area contributed by atoms with Crippen LogP contribution >= 0.6 is 12.4 Å². The molecular formula is C19H29ClN4O. The number of likely N-dealkylation sites (N-methyl/N-ethyl adjacent to an activating group) is 1. The molecule has 0 fully saturated rings. The summed E-state index contributed by atoms with van der Waals surface area (Å²) < 4.78 is 0. The number of carbonyl (C=O) groups is 1. The Bertz CT molecular complexity index is 654. The molecule has 138 valence electrons. The van der Waals surface area contributed by atoms with E-state index in [1.807, 2.05) is 51.2 Å². The molecule has 1 aromatic carbocycles. The van der Waals surface area contributed by atoms with Gasteiger partial charge < -0.3 is 10.6 Å². The van der Waals surface area contributed by atoms with Gasteiger partial charge in [0.2, 0.25) is 5.91 Å². The van der Waals surface area contributed by atoms with Crippen LogP contribution in [0, 0.1) is 0 Å². The van der Waals surface area contributed by atoms with Crippen molar-refractivity contribution in [1.29, 1.82) is 0 Å². The highest BCUT2D eigenvalue weighted by Crippen LogP contribution is 2.18. The highest BCUT2D eigenvalue weighted by Gasteiger charge is 2.29. The molecule has 2 aromatic rings. The lowest BCUT2D eigenvalue weighted by Crippen LogP contribution is -2.52. The van der Waals surface area contributed by atoms with Gasteiger partial charge in [0, 0.05) is 24.8 Å². The molecule has 6 heteroatoms. The molecule has 1 atom stereocenters. The van der Waals surface area contributed by atoms with Crippen LogP contribution in [-0.2, 0) is 11.2 Å². The number of hydrogen-bond acceptors (Lipinski definition) is 3. The zero-order chi connectivity index (χ0) is 17.6. The fraction of sp³-hybridized carbons (Fsp3) is 0.474. The van der Waals surface area contributed by atoms with Crippen LogP contribution in [0.3, 0.4) is 0 Å². The third-order valence-corrected chi connectivity index (χ3v) is 4.24. The van der Waals surface area contributed by atoms with Crippen LogP contribution in [0.2, 0.25) is 0 Å². The summed E-state index contributed by atoms with van der Waals surface area (Å²) in [5.74, 6) is 0.0129. The number of aromatic nitrogens is 2. The van der Waals surface area contributed by atoms with Crippen molar-refractivity contribution in [3.8, 4) is 11.3 Å². The van der Waals surface area contributed by atoms with E-state index in [0.29, 0.717) is 13.0 Å². The minimum Gasteiger partial charge on any atom is -0.344 e. The lowest BCUT2D eigenvalue weighted by atomic mass is 9.96. The Hall–Kier alpha value is -1.85. The van der Waals surface area contributed by atoms with Crippen LogP contribution in [0.15, 0.2) is 36.4 Å². The lowest BCUT2D eigenvalue weighted by molar-refractivity contribution is -0.135. The van der Waals surface area contributed by atoms with Crippen LogP contribution in [0.4, 0.5) is 0 Å². The van der Waals surface area contributed by atoms with Crippen molar-refractivity contribution in [2.45, 2.75) is 45.1 Å². The van der Waals surface area contributed by atoms with Crippen LogP contribution in [-0.4, -0.2) is 40.1 Å². The average Bonchev–Trinajstić information content (AvgIpc) is 3.03. The zero-order valence-electron chi connectivity index (χ0n) is 15.3. The molecule has 0 radical (unpaired) electrons. The second-order valence-corrected chi connectivity index (χ2v) is 6.64. The van der Waals surface area contributed by atoms with E-state index in [1.165, 1.54) is 0 Å². The Kier molecular flexibility index (Phi) is 8.13. The van der Waals surface area contributed by atoms with Gasteiger partial charge in [-0.05, 0) is 32.3 Å². The molecule has 1 heterocycles. The molecule has 1 unspecified atom stereocenters. The minimum atomic E-state index is -0.766. The second-order valence-electron chi connectivity index (χ2n) is 6.64. The molecule has 5 nitrogen and oxygen atoms in total. The molecule has 0 aliphatic heterocycles. The number of rotatable bonds is 8. The third kappa shape index (κ3) is 5.87. The van der Waals surface area contributed by atoms with E-state index >= 15 is 0 Å². The summed E-state index contributed by atoms with van der Waals surface area (Å²) in [7, 11) is 1.82. The number of nitrogens with zero attached hydrogens (tertiary/aromatic N) is 2. The molecule has 0 saturated heterocycles. The first-order valence-corrected chi connectivity index (χ1v) is 8.58. The van der Waals surface area contributed by atoms with Gasteiger partial charge in [0.05, 0.1) is 11.2 Å². The van der Waals surface area contributed by atoms with E-state index in [0.717, 1.165) is 36.2 Å². The molecule has 0 spiro atoms. The van der Waals surface area contributed by atoms with Crippen molar-refractivity contribution in [3.63, 3.8) is 0 Å². The minimum absolute atomic E-state index is 0. The molecule has 3 N–H and O–H groups in total. The van der Waals surface area contributed by atoms with Gasteiger partial charge in [-0.2, -0.15) is 5.10 Å². The molecular weight excluding hydrogens is 336 g/mol. The van der Waals surface area contributed by atoms with Crippen molar-refractivity contribution >= 4 is 18.3 Å². The van der Waals surface area contributed by atoms with E-state index in [4.69, 9.17) is 5.73 Å². The largest absolute Gasteiger partial charge is 0.344 e. The molecule has 0 aliphatic rings. The summed E-state index contributed by atoms with van der Waals surface area (Å²) in [4.78, 5) is 14.1.